The number of amides is 4. The number of hydrogen-bond donors (Lipinski definition) is 2. The Hall–Kier alpha value is -4.39. The van der Waals surface area contributed by atoms with Crippen LogP contribution in [0.2, 0.25) is 0 Å². The maximum Gasteiger partial charge on any atom is 0.408 e. The van der Waals surface area contributed by atoms with Crippen molar-refractivity contribution in [3.63, 3.8) is 0 Å². The lowest BCUT2D eigenvalue weighted by Crippen LogP contribution is -2.64. The molecule has 44 heavy (non-hydrogen) atoms. The molecule has 2 saturated heterocycles. The quantitative estimate of drug-likeness (QED) is 0.478. The number of nitrogens with zero attached hydrogens (tertiary/aromatic N) is 7. The van der Waals surface area contributed by atoms with E-state index in [9.17, 15) is 14.4 Å². The number of benzene rings is 1. The predicted octanol–water partition coefficient (Wildman–Crippen LogP) is 3.02. The molecule has 0 spiro atoms. The Kier molecular flexibility index (Phi) is 8.95. The molecule has 1 aromatic carbocycles. The van der Waals surface area contributed by atoms with Gasteiger partial charge in [-0.05, 0) is 64.6 Å². The van der Waals surface area contributed by atoms with Crippen molar-refractivity contribution in [1.82, 2.24) is 30.0 Å². The normalized spacial score (nSPS) is 21.1. The Morgan fingerprint density at radius 1 is 1.07 bits per heavy atom. The third-order valence-electron chi connectivity index (χ3n) is 8.19. The lowest BCUT2D eigenvalue weighted by atomic mass is 9.96. The number of rotatable bonds is 6. The van der Waals surface area contributed by atoms with Gasteiger partial charge in [0.05, 0.1) is 18.6 Å². The molecule has 0 saturated carbocycles. The second-order valence-electron chi connectivity index (χ2n) is 12.6. The Balaban J connectivity index is 1.30. The summed E-state index contributed by atoms with van der Waals surface area (Å²) in [5.74, 6) is 0.688. The van der Waals surface area contributed by atoms with Crippen LogP contribution in [0, 0.1) is 0 Å². The number of anilines is 4. The van der Waals surface area contributed by atoms with Crippen molar-refractivity contribution in [2.75, 3.05) is 68.5 Å². The van der Waals surface area contributed by atoms with Gasteiger partial charge >= 0.3 is 12.1 Å². The molecule has 4 amide bonds. The van der Waals surface area contributed by atoms with Crippen LogP contribution in [-0.4, -0.2) is 114 Å². The van der Waals surface area contributed by atoms with E-state index < -0.39 is 17.7 Å². The molecular weight excluding hydrogens is 562 g/mol. The average molecular weight is 606 g/mol. The zero-order valence-corrected chi connectivity index (χ0v) is 26.2. The number of likely N-dealkylation sites (tertiary alicyclic amines) is 1. The van der Waals surface area contributed by atoms with Crippen molar-refractivity contribution in [3.8, 4) is 0 Å². The number of urea groups is 1. The summed E-state index contributed by atoms with van der Waals surface area (Å²) in [7, 11) is 3.82. The van der Waals surface area contributed by atoms with E-state index in [2.05, 4.69) is 56.2 Å². The van der Waals surface area contributed by atoms with Crippen LogP contribution in [-0.2, 0) is 16.1 Å². The number of carbonyl (C=O) groups excluding carboxylic acids is 3. The first-order valence-corrected chi connectivity index (χ1v) is 15.0. The molecule has 1 aromatic heterocycles. The molecule has 0 radical (unpaired) electrons. The molecule has 2 fully saturated rings. The van der Waals surface area contributed by atoms with Gasteiger partial charge in [0, 0.05) is 69.5 Å². The average Bonchev–Trinajstić information content (AvgIpc) is 2.99. The van der Waals surface area contributed by atoms with Crippen LogP contribution < -0.4 is 20.4 Å². The van der Waals surface area contributed by atoms with Crippen LogP contribution >= 0.6 is 0 Å². The Bertz CT molecular complexity index is 1390. The molecule has 13 heteroatoms. The zero-order valence-electron chi connectivity index (χ0n) is 26.2. The summed E-state index contributed by atoms with van der Waals surface area (Å²) in [6, 6.07) is 7.03. The zero-order chi connectivity index (χ0) is 31.6. The van der Waals surface area contributed by atoms with Crippen LogP contribution in [0.15, 0.2) is 43.1 Å². The summed E-state index contributed by atoms with van der Waals surface area (Å²) < 4.78 is 5.49. The van der Waals surface area contributed by atoms with Gasteiger partial charge in [-0.1, -0.05) is 6.58 Å². The van der Waals surface area contributed by atoms with Crippen molar-refractivity contribution in [2.45, 2.75) is 51.4 Å². The van der Waals surface area contributed by atoms with Crippen molar-refractivity contribution < 1.29 is 19.1 Å². The number of ether oxygens (including phenoxy) is 1. The van der Waals surface area contributed by atoms with E-state index in [-0.39, 0.29) is 31.1 Å². The SMILES string of the molecule is C=CC(=O)N1CCC(N2Cc3cnc(Nc4ccc(N5CCN(C)CC5)cc4)nc3N(C)C2=O)[C@H](NC(=O)OC(C)(C)C)C1. The minimum absolute atomic E-state index is 0.224. The Morgan fingerprint density at radius 3 is 2.43 bits per heavy atom. The highest BCUT2D eigenvalue weighted by atomic mass is 16.6. The lowest BCUT2D eigenvalue weighted by molar-refractivity contribution is -0.128. The van der Waals surface area contributed by atoms with E-state index in [1.165, 1.54) is 16.7 Å². The van der Waals surface area contributed by atoms with Gasteiger partial charge in [0.25, 0.3) is 0 Å². The highest BCUT2D eigenvalue weighted by Crippen LogP contribution is 2.31. The molecular formula is C31H43N9O4. The van der Waals surface area contributed by atoms with Gasteiger partial charge in [0.1, 0.15) is 11.4 Å². The van der Waals surface area contributed by atoms with Gasteiger partial charge in [-0.2, -0.15) is 4.98 Å². The number of fused-ring (bicyclic) bond motifs is 1. The van der Waals surface area contributed by atoms with Crippen molar-refractivity contribution in [3.05, 3.63) is 48.7 Å². The topological polar surface area (TPSA) is 126 Å². The molecule has 2 aromatic rings. The molecule has 13 nitrogen and oxygen atoms in total. The second-order valence-corrected chi connectivity index (χ2v) is 12.6. The van der Waals surface area contributed by atoms with E-state index in [0.29, 0.717) is 24.7 Å². The third kappa shape index (κ3) is 7.04. The fraction of sp³-hybridized carbons (Fsp3) is 0.516. The van der Waals surface area contributed by atoms with Crippen molar-refractivity contribution >= 4 is 41.2 Å². The maximum atomic E-state index is 13.7. The van der Waals surface area contributed by atoms with Gasteiger partial charge in [-0.15, -0.1) is 0 Å². The van der Waals surface area contributed by atoms with Crippen LogP contribution in [0.1, 0.15) is 32.8 Å². The maximum absolute atomic E-state index is 13.7. The smallest absolute Gasteiger partial charge is 0.408 e. The summed E-state index contributed by atoms with van der Waals surface area (Å²) >= 11 is 0. The number of aromatic nitrogens is 2. The second kappa shape index (κ2) is 12.7. The Labute approximate surface area is 258 Å². The van der Waals surface area contributed by atoms with Gasteiger partial charge in [-0.25, -0.2) is 14.6 Å². The molecule has 236 valence electrons. The number of carbonyl (C=O) groups is 3. The predicted molar refractivity (Wildman–Crippen MR) is 169 cm³/mol. The monoisotopic (exact) mass is 605 g/mol. The van der Waals surface area contributed by atoms with Gasteiger partial charge in [0.15, 0.2) is 0 Å². The molecule has 1 unspecified atom stereocenters. The molecule has 4 heterocycles. The number of nitrogens with one attached hydrogen (secondary N) is 2. The van der Waals surface area contributed by atoms with E-state index >= 15 is 0 Å². The lowest BCUT2D eigenvalue weighted by Gasteiger charge is -2.46. The van der Waals surface area contributed by atoms with Gasteiger partial charge in [-0.3, -0.25) is 9.69 Å². The minimum atomic E-state index is -0.694. The fourth-order valence-corrected chi connectivity index (χ4v) is 5.85. The van der Waals surface area contributed by atoms with E-state index in [1.54, 1.807) is 43.8 Å². The van der Waals surface area contributed by atoms with Crippen LogP contribution in [0.4, 0.5) is 32.7 Å². The van der Waals surface area contributed by atoms with Crippen LogP contribution in [0.3, 0.4) is 0 Å². The molecule has 2 atom stereocenters. The molecule has 5 rings (SSSR count). The molecule has 2 N–H and O–H groups in total. The molecule has 3 aliphatic heterocycles. The fourth-order valence-electron chi connectivity index (χ4n) is 5.85. The van der Waals surface area contributed by atoms with Crippen molar-refractivity contribution in [2.24, 2.45) is 0 Å². The first-order chi connectivity index (χ1) is 20.9. The molecule has 0 aliphatic carbocycles. The highest BCUT2D eigenvalue weighted by Gasteiger charge is 2.42. The highest BCUT2D eigenvalue weighted by molar-refractivity contribution is 5.93. The van der Waals surface area contributed by atoms with Crippen LogP contribution in [0.5, 0.6) is 0 Å². The van der Waals surface area contributed by atoms with E-state index in [4.69, 9.17) is 4.74 Å². The van der Waals surface area contributed by atoms with E-state index in [1.807, 2.05) is 12.1 Å². The summed E-state index contributed by atoms with van der Waals surface area (Å²) in [4.78, 5) is 57.6. The molecule has 0 bridgehead atoms. The largest absolute Gasteiger partial charge is 0.444 e. The summed E-state index contributed by atoms with van der Waals surface area (Å²) in [6.07, 6.45) is 2.85. The first kappa shape index (κ1) is 31.0. The number of piperazine rings is 1. The number of alkyl carbamates (subject to hydrolysis) is 1. The number of piperidine rings is 1. The van der Waals surface area contributed by atoms with Crippen molar-refractivity contribution in [1.29, 1.82) is 0 Å². The van der Waals surface area contributed by atoms with Crippen LogP contribution in [0.25, 0.3) is 0 Å². The number of hydrogen-bond acceptors (Lipinski definition) is 9. The Morgan fingerprint density at radius 2 is 1.77 bits per heavy atom. The summed E-state index contributed by atoms with van der Waals surface area (Å²) in [6.45, 7) is 13.9. The van der Waals surface area contributed by atoms with Gasteiger partial charge < -0.3 is 35.0 Å². The number of likely N-dealkylation sites (N-methyl/N-ethyl adjacent to an activating group) is 1. The summed E-state index contributed by atoms with van der Waals surface area (Å²) in [5.41, 5.74) is 2.12. The first-order valence-electron chi connectivity index (χ1n) is 15.0. The summed E-state index contributed by atoms with van der Waals surface area (Å²) in [5, 5.41) is 6.17. The van der Waals surface area contributed by atoms with Gasteiger partial charge in [0.2, 0.25) is 11.9 Å². The minimum Gasteiger partial charge on any atom is -0.444 e. The standard InChI is InChI=1S/C31H43N9O4/c1-7-26(41)39-13-12-25(24(20-39)34-29(42)44-31(2,3)4)40-19-21-18-32-28(35-27(21)37(6)30(40)43)33-22-8-10-23(11-9-22)38-16-14-36(5)15-17-38/h7-11,18,24-25H,1,12-17,19-20H2,2-6H3,(H,34,42)(H,32,33,35)/t24-,25?/m1/s1. The van der Waals surface area contributed by atoms with E-state index in [0.717, 1.165) is 37.4 Å². The third-order valence-corrected chi connectivity index (χ3v) is 8.19. The molecule has 3 aliphatic rings.